The summed E-state index contributed by atoms with van der Waals surface area (Å²) in [5.41, 5.74) is 11.2. The molecule has 0 saturated carbocycles. The topological polar surface area (TPSA) is 134 Å². The molecule has 0 radical (unpaired) electrons. The number of aromatic nitrogens is 4. The lowest BCUT2D eigenvalue weighted by atomic mass is 9.91. The molecule has 2 aromatic carbocycles. The zero-order valence-electron chi connectivity index (χ0n) is 37.3. The van der Waals surface area contributed by atoms with E-state index in [4.69, 9.17) is 19.9 Å². The van der Waals surface area contributed by atoms with Gasteiger partial charge in [-0.15, -0.1) is 0 Å². The standard InChI is InChI=1S/C27H34FN3O3.C22H26FN3O/c1-17(2)14-27(7,31-25(32)34-26(4,5)6)16-33-24-15-30-22(12-18(24)3)21-10-11-29-23-13-19(28)8-9-20(21)23;1-14(2)11-22(4,24)13-27-21-12-26-19(9-15(21)3)18-7-8-25-20-10-16(23)5-6-17(18)20/h8-13,15,17H,14,16H2,1-7H3,(H,31,32);5-10,12,14H,11,13,24H2,1-4H3/t27-;22-/m00/s1. The number of nitrogens with two attached hydrogens (primary N) is 1. The molecule has 0 spiro atoms. The summed E-state index contributed by atoms with van der Waals surface area (Å²) in [4.78, 5) is 30.1. The molecule has 0 fully saturated rings. The Balaban J connectivity index is 0.000000237. The Morgan fingerprint density at radius 2 is 1.13 bits per heavy atom. The molecule has 1 amide bonds. The molecule has 12 heteroatoms. The van der Waals surface area contributed by atoms with Crippen molar-refractivity contribution in [3.63, 3.8) is 0 Å². The van der Waals surface area contributed by atoms with Crippen molar-refractivity contribution < 1.29 is 27.8 Å². The van der Waals surface area contributed by atoms with E-state index in [0.29, 0.717) is 35.2 Å². The van der Waals surface area contributed by atoms with Crippen molar-refractivity contribution in [1.82, 2.24) is 25.3 Å². The number of nitrogens with one attached hydrogen (secondary N) is 1. The zero-order chi connectivity index (χ0) is 44.7. The third-order valence-electron chi connectivity index (χ3n) is 9.73. The molecule has 0 aliphatic heterocycles. The molecule has 3 N–H and O–H groups in total. The average molecular weight is 835 g/mol. The van der Waals surface area contributed by atoms with Gasteiger partial charge in [-0.1, -0.05) is 27.7 Å². The Labute approximate surface area is 358 Å². The van der Waals surface area contributed by atoms with Crippen molar-refractivity contribution >= 4 is 27.9 Å². The van der Waals surface area contributed by atoms with Crippen LogP contribution in [0.1, 0.15) is 86.3 Å². The minimum atomic E-state index is -0.618. The van der Waals surface area contributed by atoms with Gasteiger partial charge in [0, 0.05) is 52.0 Å². The van der Waals surface area contributed by atoms with E-state index in [2.05, 4.69) is 52.9 Å². The van der Waals surface area contributed by atoms with Crippen molar-refractivity contribution in [1.29, 1.82) is 0 Å². The van der Waals surface area contributed by atoms with Gasteiger partial charge in [0.2, 0.25) is 0 Å². The van der Waals surface area contributed by atoms with E-state index >= 15 is 0 Å². The Bertz CT molecular complexity index is 2470. The van der Waals surface area contributed by atoms with Crippen molar-refractivity contribution in [2.75, 3.05) is 13.2 Å². The number of alkyl carbamates (subject to hydrolysis) is 1. The number of hydrogen-bond donors (Lipinski definition) is 2. The predicted molar refractivity (Wildman–Crippen MR) is 240 cm³/mol. The number of nitrogens with zero attached hydrogens (tertiary/aromatic N) is 4. The van der Waals surface area contributed by atoms with Crippen LogP contribution in [0.3, 0.4) is 0 Å². The molecule has 4 aromatic heterocycles. The van der Waals surface area contributed by atoms with E-state index in [1.807, 2.05) is 72.7 Å². The van der Waals surface area contributed by atoms with Crippen LogP contribution < -0.4 is 20.5 Å². The quantitative estimate of drug-likeness (QED) is 0.117. The number of hydrogen-bond acceptors (Lipinski definition) is 9. The molecular weight excluding hydrogens is 775 g/mol. The van der Waals surface area contributed by atoms with Crippen LogP contribution >= 0.6 is 0 Å². The molecule has 6 rings (SSSR count). The molecule has 0 bridgehead atoms. The Kier molecular flexibility index (Phi) is 14.7. The molecule has 324 valence electrons. The molecule has 0 aliphatic rings. The number of halogens is 2. The van der Waals surface area contributed by atoms with E-state index in [-0.39, 0.29) is 23.8 Å². The minimum Gasteiger partial charge on any atom is -0.490 e. The summed E-state index contributed by atoms with van der Waals surface area (Å²) in [5.74, 6) is 1.59. The van der Waals surface area contributed by atoms with Crippen LogP contribution in [0.4, 0.5) is 13.6 Å². The number of pyridine rings is 4. The first-order chi connectivity index (χ1) is 28.6. The lowest BCUT2D eigenvalue weighted by molar-refractivity contribution is 0.0407. The van der Waals surface area contributed by atoms with E-state index in [9.17, 15) is 13.6 Å². The number of amides is 1. The summed E-state index contributed by atoms with van der Waals surface area (Å²) in [6.07, 6.45) is 7.87. The van der Waals surface area contributed by atoms with Gasteiger partial charge in [0.15, 0.2) is 0 Å². The van der Waals surface area contributed by atoms with Gasteiger partial charge < -0.3 is 25.3 Å². The number of fused-ring (bicyclic) bond motifs is 2. The fourth-order valence-electron chi connectivity index (χ4n) is 7.44. The highest BCUT2D eigenvalue weighted by Crippen LogP contribution is 2.32. The van der Waals surface area contributed by atoms with Crippen molar-refractivity contribution in [3.8, 4) is 34.0 Å². The van der Waals surface area contributed by atoms with Crippen LogP contribution in [0.5, 0.6) is 11.5 Å². The van der Waals surface area contributed by atoms with Crippen LogP contribution in [0.15, 0.2) is 85.5 Å². The fourth-order valence-corrected chi connectivity index (χ4v) is 7.44. The van der Waals surface area contributed by atoms with Gasteiger partial charge >= 0.3 is 6.09 Å². The van der Waals surface area contributed by atoms with E-state index in [1.165, 1.54) is 24.3 Å². The SMILES string of the molecule is Cc1cc(-c2ccnc3cc(F)ccc23)ncc1OC[C@@](C)(N)CC(C)C.Cc1cc(-c2ccnc3cc(F)ccc23)ncc1OC[C@](C)(CC(C)C)NC(=O)OC(C)(C)C. The molecule has 0 unspecified atom stereocenters. The third kappa shape index (κ3) is 13.1. The first kappa shape index (κ1) is 46.3. The summed E-state index contributed by atoms with van der Waals surface area (Å²) < 4.78 is 44.6. The molecule has 4 heterocycles. The summed E-state index contributed by atoms with van der Waals surface area (Å²) in [5, 5.41) is 4.68. The third-order valence-corrected chi connectivity index (χ3v) is 9.73. The zero-order valence-corrected chi connectivity index (χ0v) is 37.3. The first-order valence-electron chi connectivity index (χ1n) is 20.7. The second kappa shape index (κ2) is 19.3. The molecular formula is C49H60F2N6O4. The van der Waals surface area contributed by atoms with Gasteiger partial charge in [0.1, 0.15) is 41.9 Å². The number of benzene rings is 2. The maximum Gasteiger partial charge on any atom is 0.408 e. The number of rotatable bonds is 13. The van der Waals surface area contributed by atoms with Crippen molar-refractivity contribution in [3.05, 3.63) is 108 Å². The van der Waals surface area contributed by atoms with Crippen LogP contribution in [0.2, 0.25) is 0 Å². The highest BCUT2D eigenvalue weighted by molar-refractivity contribution is 5.94. The number of carbonyl (C=O) groups is 1. The molecule has 10 nitrogen and oxygen atoms in total. The van der Waals surface area contributed by atoms with Crippen LogP contribution in [0.25, 0.3) is 44.3 Å². The van der Waals surface area contributed by atoms with Gasteiger partial charge in [-0.3, -0.25) is 19.9 Å². The summed E-state index contributed by atoms with van der Waals surface area (Å²) in [7, 11) is 0. The van der Waals surface area contributed by atoms with E-state index in [0.717, 1.165) is 63.0 Å². The average Bonchev–Trinajstić information content (AvgIpc) is 3.14. The second-order valence-electron chi connectivity index (χ2n) is 18.3. The predicted octanol–water partition coefficient (Wildman–Crippen LogP) is 11.3. The van der Waals surface area contributed by atoms with Gasteiger partial charge in [-0.2, -0.15) is 0 Å². The smallest absolute Gasteiger partial charge is 0.408 e. The minimum absolute atomic E-state index is 0.268. The Morgan fingerprint density at radius 3 is 1.56 bits per heavy atom. The highest BCUT2D eigenvalue weighted by atomic mass is 19.1. The van der Waals surface area contributed by atoms with E-state index in [1.54, 1.807) is 36.9 Å². The molecule has 6 aromatic rings. The lowest BCUT2D eigenvalue weighted by Crippen LogP contribution is -2.52. The molecule has 0 aliphatic carbocycles. The maximum atomic E-state index is 13.6. The Morgan fingerprint density at radius 1 is 0.672 bits per heavy atom. The molecule has 0 saturated heterocycles. The number of ether oxygens (including phenoxy) is 3. The number of carbonyl (C=O) groups excluding carboxylic acids is 1. The first-order valence-corrected chi connectivity index (χ1v) is 20.7. The molecule has 2 atom stereocenters. The van der Waals surface area contributed by atoms with Gasteiger partial charge in [0.05, 0.1) is 40.4 Å². The van der Waals surface area contributed by atoms with Gasteiger partial charge in [-0.05, 0) is 133 Å². The monoisotopic (exact) mass is 834 g/mol. The maximum absolute atomic E-state index is 13.6. The van der Waals surface area contributed by atoms with E-state index < -0.39 is 17.2 Å². The summed E-state index contributed by atoms with van der Waals surface area (Å²) >= 11 is 0. The van der Waals surface area contributed by atoms with Crippen molar-refractivity contribution in [2.45, 2.75) is 106 Å². The van der Waals surface area contributed by atoms with Gasteiger partial charge in [-0.25, -0.2) is 13.6 Å². The van der Waals surface area contributed by atoms with Crippen LogP contribution in [-0.2, 0) is 4.74 Å². The fraction of sp³-hybridized carbons (Fsp3) is 0.408. The van der Waals surface area contributed by atoms with Crippen LogP contribution in [-0.4, -0.2) is 55.9 Å². The lowest BCUT2D eigenvalue weighted by Gasteiger charge is -2.33. The summed E-state index contributed by atoms with van der Waals surface area (Å²) in [6.45, 7) is 22.6. The second-order valence-corrected chi connectivity index (χ2v) is 18.3. The largest absolute Gasteiger partial charge is 0.490 e. The molecule has 61 heavy (non-hydrogen) atoms. The van der Waals surface area contributed by atoms with Gasteiger partial charge in [0.25, 0.3) is 0 Å². The Hall–Kier alpha value is -5.75. The summed E-state index contributed by atoms with van der Waals surface area (Å²) in [6, 6.07) is 16.8. The number of aryl methyl sites for hydroxylation is 2. The normalized spacial score (nSPS) is 13.6. The van der Waals surface area contributed by atoms with Crippen LogP contribution in [0, 0.1) is 37.3 Å². The highest BCUT2D eigenvalue weighted by Gasteiger charge is 2.31. The van der Waals surface area contributed by atoms with Crippen molar-refractivity contribution in [2.24, 2.45) is 17.6 Å².